The van der Waals surface area contributed by atoms with Crippen molar-refractivity contribution in [2.75, 3.05) is 6.61 Å². The van der Waals surface area contributed by atoms with E-state index < -0.39 is 0 Å². The van der Waals surface area contributed by atoms with E-state index in [9.17, 15) is 0 Å². The topological polar surface area (TPSA) is 9.23 Å². The van der Waals surface area contributed by atoms with E-state index in [2.05, 4.69) is 34.6 Å². The minimum atomic E-state index is 0.706. The summed E-state index contributed by atoms with van der Waals surface area (Å²) in [6.07, 6.45) is 1.88. The molecule has 0 aliphatic heterocycles. The van der Waals surface area contributed by atoms with Crippen molar-refractivity contribution in [2.45, 2.75) is 19.8 Å². The zero-order chi connectivity index (χ0) is 10.4. The molecule has 1 aromatic rings. The number of aryl methyl sites for hydroxylation is 1. The molecule has 0 saturated heterocycles. The summed E-state index contributed by atoms with van der Waals surface area (Å²) < 4.78 is 6.41. The van der Waals surface area contributed by atoms with Gasteiger partial charge in [0.15, 0.2) is 0 Å². The first-order valence-electron chi connectivity index (χ1n) is 4.77. The lowest BCUT2D eigenvalue weighted by atomic mass is 10.1. The zero-order valence-electron chi connectivity index (χ0n) is 8.42. The van der Waals surface area contributed by atoms with Crippen molar-refractivity contribution in [3.05, 3.63) is 46.6 Å². The molecule has 1 rings (SSSR count). The summed E-state index contributed by atoms with van der Waals surface area (Å²) in [6, 6.07) is 8.31. The van der Waals surface area contributed by atoms with E-state index in [0.717, 1.165) is 23.1 Å². The molecule has 0 unspecified atom stereocenters. The molecule has 0 atom stereocenters. The average Bonchev–Trinajstić information content (AvgIpc) is 2.15. The molecular weight excluding hydrogens is 240 g/mol. The van der Waals surface area contributed by atoms with Gasteiger partial charge in [-0.15, -0.1) is 0 Å². The van der Waals surface area contributed by atoms with Gasteiger partial charge in [-0.25, -0.2) is 0 Å². The van der Waals surface area contributed by atoms with Gasteiger partial charge in [0.1, 0.15) is 0 Å². The first kappa shape index (κ1) is 11.3. The third-order valence-corrected chi connectivity index (χ3v) is 2.42. The number of rotatable bonds is 5. The van der Waals surface area contributed by atoms with Crippen molar-refractivity contribution in [1.29, 1.82) is 0 Å². The molecule has 0 heterocycles. The molecule has 14 heavy (non-hydrogen) atoms. The van der Waals surface area contributed by atoms with Crippen LogP contribution in [0.3, 0.4) is 0 Å². The standard InChI is InChI=1S/C12H15BrO/c1-3-14-10(2)7-8-11-5-4-6-12(13)9-11/h4-6,9H,2-3,7-8H2,1H3. The Morgan fingerprint density at radius 3 is 2.93 bits per heavy atom. The van der Waals surface area contributed by atoms with Crippen LogP contribution in [0.15, 0.2) is 41.1 Å². The van der Waals surface area contributed by atoms with Crippen LogP contribution in [0.4, 0.5) is 0 Å². The summed E-state index contributed by atoms with van der Waals surface area (Å²) in [5, 5.41) is 0. The smallest absolute Gasteiger partial charge is 0.0891 e. The van der Waals surface area contributed by atoms with Crippen LogP contribution in [0.5, 0.6) is 0 Å². The molecule has 0 saturated carbocycles. The maximum atomic E-state index is 5.29. The summed E-state index contributed by atoms with van der Waals surface area (Å²) in [5.41, 5.74) is 1.31. The SMILES string of the molecule is C=C(CCc1cccc(Br)c1)OCC. The zero-order valence-corrected chi connectivity index (χ0v) is 10.0. The lowest BCUT2D eigenvalue weighted by Crippen LogP contribution is -1.93. The highest BCUT2D eigenvalue weighted by Crippen LogP contribution is 2.14. The summed E-state index contributed by atoms with van der Waals surface area (Å²) >= 11 is 3.45. The predicted octanol–water partition coefficient (Wildman–Crippen LogP) is 3.93. The highest BCUT2D eigenvalue weighted by atomic mass is 79.9. The Kier molecular flexibility index (Phi) is 4.74. The molecule has 0 bridgehead atoms. The Hall–Kier alpha value is -0.760. The quantitative estimate of drug-likeness (QED) is 0.724. The average molecular weight is 255 g/mol. The number of benzene rings is 1. The van der Waals surface area contributed by atoms with E-state index in [1.54, 1.807) is 0 Å². The van der Waals surface area contributed by atoms with Crippen LogP contribution in [0.2, 0.25) is 0 Å². The van der Waals surface area contributed by atoms with Crippen LogP contribution >= 0.6 is 15.9 Å². The summed E-state index contributed by atoms with van der Waals surface area (Å²) in [5.74, 6) is 0.868. The second-order valence-electron chi connectivity index (χ2n) is 3.10. The van der Waals surface area contributed by atoms with Crippen molar-refractivity contribution in [1.82, 2.24) is 0 Å². The molecule has 2 heteroatoms. The minimum absolute atomic E-state index is 0.706. The van der Waals surface area contributed by atoms with Gasteiger partial charge >= 0.3 is 0 Å². The second kappa shape index (κ2) is 5.86. The van der Waals surface area contributed by atoms with Crippen LogP contribution in [0.1, 0.15) is 18.9 Å². The van der Waals surface area contributed by atoms with Crippen molar-refractivity contribution in [3.63, 3.8) is 0 Å². The van der Waals surface area contributed by atoms with Crippen LogP contribution in [0, 0.1) is 0 Å². The van der Waals surface area contributed by atoms with Gasteiger partial charge in [-0.3, -0.25) is 0 Å². The largest absolute Gasteiger partial charge is 0.499 e. The minimum Gasteiger partial charge on any atom is -0.499 e. The molecule has 0 aliphatic rings. The first-order valence-corrected chi connectivity index (χ1v) is 5.56. The van der Waals surface area contributed by atoms with Gasteiger partial charge in [-0.1, -0.05) is 34.6 Å². The molecular formula is C12H15BrO. The summed E-state index contributed by atoms with van der Waals surface area (Å²) in [4.78, 5) is 0. The van der Waals surface area contributed by atoms with Crippen molar-refractivity contribution in [2.24, 2.45) is 0 Å². The van der Waals surface area contributed by atoms with Crippen LogP contribution in [0.25, 0.3) is 0 Å². The Bertz CT molecular complexity index is 307. The number of allylic oxidation sites excluding steroid dienone is 1. The Labute approximate surface area is 93.9 Å². The molecule has 0 fully saturated rings. The molecule has 0 radical (unpaired) electrons. The third kappa shape index (κ3) is 3.97. The Balaban J connectivity index is 2.41. The van der Waals surface area contributed by atoms with Crippen molar-refractivity contribution >= 4 is 15.9 Å². The second-order valence-corrected chi connectivity index (χ2v) is 4.02. The predicted molar refractivity (Wildman–Crippen MR) is 63.2 cm³/mol. The third-order valence-electron chi connectivity index (χ3n) is 1.93. The lowest BCUT2D eigenvalue weighted by molar-refractivity contribution is 0.220. The van der Waals surface area contributed by atoms with Crippen molar-refractivity contribution < 1.29 is 4.74 Å². The van der Waals surface area contributed by atoms with Gasteiger partial charge in [0.25, 0.3) is 0 Å². The molecule has 1 nitrogen and oxygen atoms in total. The number of hydrogen-bond acceptors (Lipinski definition) is 1. The van der Waals surface area contributed by atoms with E-state index >= 15 is 0 Å². The fourth-order valence-electron chi connectivity index (χ4n) is 1.25. The van der Waals surface area contributed by atoms with Gasteiger partial charge in [0, 0.05) is 10.9 Å². The van der Waals surface area contributed by atoms with E-state index in [0.29, 0.717) is 6.61 Å². The van der Waals surface area contributed by atoms with E-state index in [-0.39, 0.29) is 0 Å². The lowest BCUT2D eigenvalue weighted by Gasteiger charge is -2.06. The number of halogens is 1. The maximum Gasteiger partial charge on any atom is 0.0891 e. The Morgan fingerprint density at radius 2 is 2.29 bits per heavy atom. The van der Waals surface area contributed by atoms with Crippen LogP contribution < -0.4 is 0 Å². The molecule has 0 aromatic heterocycles. The molecule has 76 valence electrons. The van der Waals surface area contributed by atoms with Crippen molar-refractivity contribution in [3.8, 4) is 0 Å². The fourth-order valence-corrected chi connectivity index (χ4v) is 1.70. The highest BCUT2D eigenvalue weighted by Gasteiger charge is 1.97. The van der Waals surface area contributed by atoms with Crippen LogP contribution in [-0.4, -0.2) is 6.61 Å². The highest BCUT2D eigenvalue weighted by molar-refractivity contribution is 9.10. The number of hydrogen-bond donors (Lipinski definition) is 0. The van der Waals surface area contributed by atoms with Gasteiger partial charge < -0.3 is 4.74 Å². The normalized spacial score (nSPS) is 9.86. The molecule has 0 spiro atoms. The maximum absolute atomic E-state index is 5.29. The summed E-state index contributed by atoms with van der Waals surface area (Å²) in [7, 11) is 0. The fraction of sp³-hybridized carbons (Fsp3) is 0.333. The Morgan fingerprint density at radius 1 is 1.50 bits per heavy atom. The van der Waals surface area contributed by atoms with Gasteiger partial charge in [0.2, 0.25) is 0 Å². The molecule has 0 N–H and O–H groups in total. The van der Waals surface area contributed by atoms with Crippen LogP contribution in [-0.2, 0) is 11.2 Å². The molecule has 0 amide bonds. The summed E-state index contributed by atoms with van der Waals surface area (Å²) in [6.45, 7) is 6.53. The molecule has 0 aliphatic carbocycles. The van der Waals surface area contributed by atoms with Gasteiger partial charge in [-0.05, 0) is 31.0 Å². The van der Waals surface area contributed by atoms with Gasteiger partial charge in [-0.2, -0.15) is 0 Å². The van der Waals surface area contributed by atoms with Gasteiger partial charge in [0.05, 0.1) is 12.4 Å². The van der Waals surface area contributed by atoms with E-state index in [4.69, 9.17) is 4.74 Å². The van der Waals surface area contributed by atoms with E-state index in [1.165, 1.54) is 5.56 Å². The monoisotopic (exact) mass is 254 g/mol. The first-order chi connectivity index (χ1) is 6.72. The van der Waals surface area contributed by atoms with E-state index in [1.807, 2.05) is 19.1 Å². The molecule has 1 aromatic carbocycles. The number of ether oxygens (including phenoxy) is 1.